The van der Waals surface area contributed by atoms with E-state index < -0.39 is 0 Å². The van der Waals surface area contributed by atoms with E-state index in [1.807, 2.05) is 0 Å². The Bertz CT molecular complexity index is 101. The lowest BCUT2D eigenvalue weighted by molar-refractivity contribution is 0.136. The number of aliphatic hydroxyl groups is 1. The second kappa shape index (κ2) is 3.38. The Kier molecular flexibility index (Phi) is 2.72. The van der Waals surface area contributed by atoms with Gasteiger partial charge >= 0.3 is 0 Å². The normalized spacial score (nSPS) is 41.7. The molecule has 3 atom stereocenters. The first-order valence-corrected chi connectivity index (χ1v) is 4.35. The molecule has 1 unspecified atom stereocenters. The van der Waals surface area contributed by atoms with Crippen LogP contribution in [0.15, 0.2) is 0 Å². The van der Waals surface area contributed by atoms with Crippen LogP contribution >= 0.6 is 0 Å². The predicted molar refractivity (Wildman–Crippen MR) is 42.8 cm³/mol. The Balaban J connectivity index is 2.33. The minimum atomic E-state index is 0.400. The Labute approximate surface area is 63.4 Å². The van der Waals surface area contributed by atoms with E-state index in [-0.39, 0.29) is 0 Å². The third kappa shape index (κ3) is 1.72. The zero-order valence-corrected chi connectivity index (χ0v) is 7.01. The quantitative estimate of drug-likeness (QED) is 0.594. The Hall–Kier alpha value is -0.0400. The van der Waals surface area contributed by atoms with Crippen molar-refractivity contribution in [1.82, 2.24) is 0 Å². The van der Waals surface area contributed by atoms with Gasteiger partial charge in [-0.2, -0.15) is 0 Å². The molecule has 0 spiro atoms. The SMILES string of the molecule is C[C@@H]1CC(CO)CC[C@@H]1C. The molecule has 0 aromatic rings. The van der Waals surface area contributed by atoms with Crippen LogP contribution in [0, 0.1) is 17.8 Å². The van der Waals surface area contributed by atoms with Crippen molar-refractivity contribution < 1.29 is 5.11 Å². The van der Waals surface area contributed by atoms with Crippen molar-refractivity contribution in [2.75, 3.05) is 6.61 Å². The Morgan fingerprint density at radius 1 is 1.20 bits per heavy atom. The summed E-state index contributed by atoms with van der Waals surface area (Å²) in [6, 6.07) is 0. The van der Waals surface area contributed by atoms with Gasteiger partial charge in [0.15, 0.2) is 0 Å². The average Bonchev–Trinajstić information content (AvgIpc) is 1.95. The summed E-state index contributed by atoms with van der Waals surface area (Å²) in [7, 11) is 0. The minimum absolute atomic E-state index is 0.400. The molecule has 0 bridgehead atoms. The zero-order chi connectivity index (χ0) is 7.56. The van der Waals surface area contributed by atoms with E-state index in [9.17, 15) is 0 Å². The molecule has 1 saturated carbocycles. The molecular formula is C9H18O. The highest BCUT2D eigenvalue weighted by atomic mass is 16.3. The van der Waals surface area contributed by atoms with Crippen molar-refractivity contribution in [3.05, 3.63) is 0 Å². The van der Waals surface area contributed by atoms with Gasteiger partial charge in [-0.1, -0.05) is 20.3 Å². The van der Waals surface area contributed by atoms with Gasteiger partial charge in [0.25, 0.3) is 0 Å². The van der Waals surface area contributed by atoms with Crippen LogP contribution in [0.4, 0.5) is 0 Å². The molecular weight excluding hydrogens is 124 g/mol. The molecule has 1 N–H and O–H groups in total. The molecule has 0 heterocycles. The van der Waals surface area contributed by atoms with E-state index >= 15 is 0 Å². The topological polar surface area (TPSA) is 20.2 Å². The highest BCUT2D eigenvalue weighted by molar-refractivity contribution is 4.74. The van der Waals surface area contributed by atoms with Gasteiger partial charge in [-0.3, -0.25) is 0 Å². The number of hydrogen-bond donors (Lipinski definition) is 1. The highest BCUT2D eigenvalue weighted by Gasteiger charge is 2.23. The van der Waals surface area contributed by atoms with Gasteiger partial charge < -0.3 is 5.11 Å². The second-order valence-corrected chi connectivity index (χ2v) is 3.82. The molecule has 0 saturated heterocycles. The maximum absolute atomic E-state index is 8.90. The first kappa shape index (κ1) is 8.06. The molecule has 1 fully saturated rings. The third-order valence-corrected chi connectivity index (χ3v) is 2.96. The fourth-order valence-corrected chi connectivity index (χ4v) is 1.82. The zero-order valence-electron chi connectivity index (χ0n) is 7.01. The lowest BCUT2D eigenvalue weighted by Crippen LogP contribution is -2.22. The summed E-state index contributed by atoms with van der Waals surface area (Å²) >= 11 is 0. The number of rotatable bonds is 1. The molecule has 10 heavy (non-hydrogen) atoms. The summed E-state index contributed by atoms with van der Waals surface area (Å²) in [5, 5.41) is 8.90. The molecule has 1 aliphatic rings. The molecule has 0 radical (unpaired) electrons. The van der Waals surface area contributed by atoms with Crippen LogP contribution in [0.25, 0.3) is 0 Å². The molecule has 0 aromatic heterocycles. The summed E-state index contributed by atoms with van der Waals surface area (Å²) < 4.78 is 0. The predicted octanol–water partition coefficient (Wildman–Crippen LogP) is 2.05. The van der Waals surface area contributed by atoms with E-state index in [0.29, 0.717) is 12.5 Å². The highest BCUT2D eigenvalue weighted by Crippen LogP contribution is 2.32. The van der Waals surface area contributed by atoms with Crippen LogP contribution < -0.4 is 0 Å². The number of aliphatic hydroxyl groups excluding tert-OH is 1. The molecule has 1 nitrogen and oxygen atoms in total. The lowest BCUT2D eigenvalue weighted by Gasteiger charge is -2.30. The van der Waals surface area contributed by atoms with E-state index in [2.05, 4.69) is 13.8 Å². The van der Waals surface area contributed by atoms with Gasteiger partial charge in [0.1, 0.15) is 0 Å². The van der Waals surface area contributed by atoms with Crippen LogP contribution in [0.1, 0.15) is 33.1 Å². The van der Waals surface area contributed by atoms with Gasteiger partial charge in [-0.05, 0) is 30.6 Å². The van der Waals surface area contributed by atoms with Crippen LogP contribution in [0.2, 0.25) is 0 Å². The standard InChI is InChI=1S/C9H18O/c1-7-3-4-9(6-10)5-8(7)2/h7-10H,3-6H2,1-2H3/t7-,8+,9?/m0/s1. The fraction of sp³-hybridized carbons (Fsp3) is 1.00. The van der Waals surface area contributed by atoms with E-state index in [0.717, 1.165) is 11.8 Å². The van der Waals surface area contributed by atoms with Crippen LogP contribution in [-0.2, 0) is 0 Å². The number of hydrogen-bond acceptors (Lipinski definition) is 1. The molecule has 1 rings (SSSR count). The molecule has 0 amide bonds. The largest absolute Gasteiger partial charge is 0.396 e. The van der Waals surface area contributed by atoms with Crippen LogP contribution in [0.3, 0.4) is 0 Å². The van der Waals surface area contributed by atoms with Crippen LogP contribution in [-0.4, -0.2) is 11.7 Å². The van der Waals surface area contributed by atoms with Gasteiger partial charge in [-0.25, -0.2) is 0 Å². The summed E-state index contributed by atoms with van der Waals surface area (Å²) in [4.78, 5) is 0. The van der Waals surface area contributed by atoms with E-state index in [1.54, 1.807) is 0 Å². The summed E-state index contributed by atoms with van der Waals surface area (Å²) in [5.41, 5.74) is 0. The average molecular weight is 142 g/mol. The van der Waals surface area contributed by atoms with Crippen LogP contribution in [0.5, 0.6) is 0 Å². The van der Waals surface area contributed by atoms with Crippen molar-refractivity contribution in [2.24, 2.45) is 17.8 Å². The van der Waals surface area contributed by atoms with E-state index in [4.69, 9.17) is 5.11 Å². The van der Waals surface area contributed by atoms with Gasteiger partial charge in [0, 0.05) is 6.61 Å². The summed E-state index contributed by atoms with van der Waals surface area (Å²) in [6.07, 6.45) is 3.78. The monoisotopic (exact) mass is 142 g/mol. The van der Waals surface area contributed by atoms with Crippen molar-refractivity contribution in [1.29, 1.82) is 0 Å². The van der Waals surface area contributed by atoms with Gasteiger partial charge in [0.2, 0.25) is 0 Å². The van der Waals surface area contributed by atoms with Crippen molar-refractivity contribution in [3.8, 4) is 0 Å². The second-order valence-electron chi connectivity index (χ2n) is 3.82. The maximum atomic E-state index is 8.90. The minimum Gasteiger partial charge on any atom is -0.396 e. The lowest BCUT2D eigenvalue weighted by atomic mass is 9.76. The molecule has 1 heteroatoms. The molecule has 1 aliphatic carbocycles. The molecule has 0 aromatic carbocycles. The van der Waals surface area contributed by atoms with Crippen molar-refractivity contribution >= 4 is 0 Å². The van der Waals surface area contributed by atoms with E-state index in [1.165, 1.54) is 19.3 Å². The molecule has 0 aliphatic heterocycles. The molecule has 60 valence electrons. The Morgan fingerprint density at radius 3 is 2.40 bits per heavy atom. The summed E-state index contributed by atoms with van der Waals surface area (Å²) in [6.45, 7) is 5.02. The maximum Gasteiger partial charge on any atom is 0.0459 e. The third-order valence-electron chi connectivity index (χ3n) is 2.96. The first-order chi connectivity index (χ1) is 4.74. The van der Waals surface area contributed by atoms with Gasteiger partial charge in [0.05, 0.1) is 0 Å². The van der Waals surface area contributed by atoms with Crippen molar-refractivity contribution in [3.63, 3.8) is 0 Å². The fourth-order valence-electron chi connectivity index (χ4n) is 1.82. The Morgan fingerprint density at radius 2 is 1.90 bits per heavy atom. The first-order valence-electron chi connectivity index (χ1n) is 4.35. The van der Waals surface area contributed by atoms with Gasteiger partial charge in [-0.15, -0.1) is 0 Å². The smallest absolute Gasteiger partial charge is 0.0459 e. The summed E-state index contributed by atoms with van der Waals surface area (Å²) in [5.74, 6) is 2.31. The van der Waals surface area contributed by atoms with Crippen molar-refractivity contribution in [2.45, 2.75) is 33.1 Å².